The minimum absolute atomic E-state index is 0.0309. The van der Waals surface area contributed by atoms with Crippen LogP contribution in [0.15, 0.2) is 36.4 Å². The molecule has 4 nitrogen and oxygen atoms in total. The second-order valence-electron chi connectivity index (χ2n) is 4.46. The van der Waals surface area contributed by atoms with Crippen LogP contribution in [0.25, 0.3) is 0 Å². The van der Waals surface area contributed by atoms with Gasteiger partial charge in [0.1, 0.15) is 11.5 Å². The van der Waals surface area contributed by atoms with Gasteiger partial charge >= 0.3 is 0 Å². The van der Waals surface area contributed by atoms with Crippen molar-refractivity contribution < 1.29 is 9.31 Å². The summed E-state index contributed by atoms with van der Waals surface area (Å²) in [7, 11) is 0. The number of rotatable bonds is 4. The Hall–Kier alpha value is -1.85. The average Bonchev–Trinajstić information content (AvgIpc) is 2.43. The van der Waals surface area contributed by atoms with E-state index in [1.165, 1.54) is 24.3 Å². The standard InChI is InChI=1S/C14H11Cl2FN2O2/c1-8(9-2-4-11(16)12(17)6-9)18-13-5-3-10(15)7-14(13)19(20)21/h2-8,18H,1H3. The number of nitro groups is 1. The van der Waals surface area contributed by atoms with Crippen LogP contribution in [-0.4, -0.2) is 4.92 Å². The average molecular weight is 329 g/mol. The van der Waals surface area contributed by atoms with Crippen molar-refractivity contribution in [3.8, 4) is 0 Å². The zero-order valence-corrected chi connectivity index (χ0v) is 12.5. The Morgan fingerprint density at radius 1 is 1.24 bits per heavy atom. The third-order valence-electron chi connectivity index (χ3n) is 2.97. The van der Waals surface area contributed by atoms with E-state index in [9.17, 15) is 14.5 Å². The van der Waals surface area contributed by atoms with Crippen molar-refractivity contribution in [2.45, 2.75) is 13.0 Å². The van der Waals surface area contributed by atoms with Gasteiger partial charge in [0.2, 0.25) is 0 Å². The number of anilines is 1. The van der Waals surface area contributed by atoms with Crippen molar-refractivity contribution in [2.75, 3.05) is 5.32 Å². The van der Waals surface area contributed by atoms with Crippen LogP contribution in [0.2, 0.25) is 10.0 Å². The smallest absolute Gasteiger partial charge is 0.293 e. The molecule has 0 heterocycles. The van der Waals surface area contributed by atoms with E-state index in [1.54, 1.807) is 19.1 Å². The van der Waals surface area contributed by atoms with Crippen molar-refractivity contribution >= 4 is 34.6 Å². The summed E-state index contributed by atoms with van der Waals surface area (Å²) in [6.07, 6.45) is 0. The van der Waals surface area contributed by atoms with Gasteiger partial charge in [-0.3, -0.25) is 10.1 Å². The first-order valence-electron chi connectivity index (χ1n) is 6.04. The fourth-order valence-electron chi connectivity index (χ4n) is 1.88. The Morgan fingerprint density at radius 2 is 1.95 bits per heavy atom. The SMILES string of the molecule is CC(Nc1ccc(Cl)cc1[N+](=O)[O-])c1ccc(Cl)c(F)c1. The predicted octanol–water partition coefficient (Wildman–Crippen LogP) is 5.21. The highest BCUT2D eigenvalue weighted by Gasteiger charge is 2.17. The molecule has 0 amide bonds. The van der Waals surface area contributed by atoms with Crippen LogP contribution >= 0.6 is 23.2 Å². The molecule has 2 aromatic rings. The minimum atomic E-state index is -0.534. The number of nitrogens with zero attached hydrogens (tertiary/aromatic N) is 1. The summed E-state index contributed by atoms with van der Waals surface area (Å²) in [5, 5.41) is 14.3. The molecule has 1 unspecified atom stereocenters. The fourth-order valence-corrected chi connectivity index (χ4v) is 2.16. The molecule has 2 rings (SSSR count). The van der Waals surface area contributed by atoms with Crippen molar-refractivity contribution in [3.05, 3.63) is 67.9 Å². The largest absolute Gasteiger partial charge is 0.373 e. The zero-order valence-electron chi connectivity index (χ0n) is 10.9. The van der Waals surface area contributed by atoms with Crippen LogP contribution < -0.4 is 5.32 Å². The highest BCUT2D eigenvalue weighted by molar-refractivity contribution is 6.31. The molecule has 0 fully saturated rings. The Kier molecular flexibility index (Phi) is 4.65. The summed E-state index contributed by atoms with van der Waals surface area (Å²) < 4.78 is 13.5. The molecule has 0 spiro atoms. The maximum absolute atomic E-state index is 13.5. The molecule has 0 aliphatic carbocycles. The summed E-state index contributed by atoms with van der Waals surface area (Å²) in [6, 6.07) is 8.39. The molecule has 0 bridgehead atoms. The van der Waals surface area contributed by atoms with E-state index in [2.05, 4.69) is 5.32 Å². The monoisotopic (exact) mass is 328 g/mol. The molecule has 0 aliphatic rings. The van der Waals surface area contributed by atoms with Gasteiger partial charge in [-0.15, -0.1) is 0 Å². The van der Waals surface area contributed by atoms with Gasteiger partial charge in [0.15, 0.2) is 0 Å². The third kappa shape index (κ3) is 3.62. The summed E-state index contributed by atoms with van der Waals surface area (Å²) in [4.78, 5) is 10.5. The topological polar surface area (TPSA) is 55.2 Å². The Morgan fingerprint density at radius 3 is 2.57 bits per heavy atom. The van der Waals surface area contributed by atoms with E-state index in [0.29, 0.717) is 11.3 Å². The van der Waals surface area contributed by atoms with Gasteiger partial charge in [0.05, 0.1) is 9.95 Å². The van der Waals surface area contributed by atoms with Crippen LogP contribution in [0.1, 0.15) is 18.5 Å². The van der Waals surface area contributed by atoms with Crippen LogP contribution in [0.4, 0.5) is 15.8 Å². The van der Waals surface area contributed by atoms with Crippen molar-refractivity contribution in [3.63, 3.8) is 0 Å². The Labute approximate surface area is 130 Å². The lowest BCUT2D eigenvalue weighted by molar-refractivity contribution is -0.384. The molecular formula is C14H11Cl2FN2O2. The minimum Gasteiger partial charge on any atom is -0.373 e. The van der Waals surface area contributed by atoms with Gasteiger partial charge in [-0.1, -0.05) is 29.3 Å². The zero-order chi connectivity index (χ0) is 15.6. The Bertz CT molecular complexity index is 695. The molecule has 0 saturated carbocycles. The van der Waals surface area contributed by atoms with Gasteiger partial charge < -0.3 is 5.32 Å². The molecule has 1 N–H and O–H groups in total. The first kappa shape index (κ1) is 15.5. The van der Waals surface area contributed by atoms with Crippen LogP contribution in [-0.2, 0) is 0 Å². The molecule has 2 aromatic carbocycles. The van der Waals surface area contributed by atoms with Gasteiger partial charge in [-0.05, 0) is 36.8 Å². The van der Waals surface area contributed by atoms with E-state index in [1.807, 2.05) is 0 Å². The number of hydrogen-bond donors (Lipinski definition) is 1. The first-order valence-corrected chi connectivity index (χ1v) is 6.79. The molecule has 1 atom stereocenters. The lowest BCUT2D eigenvalue weighted by Gasteiger charge is -2.16. The first-order chi connectivity index (χ1) is 9.88. The molecule has 0 radical (unpaired) electrons. The Balaban J connectivity index is 2.29. The molecule has 0 aliphatic heterocycles. The van der Waals surface area contributed by atoms with Gasteiger partial charge in [-0.2, -0.15) is 0 Å². The van der Waals surface area contributed by atoms with E-state index < -0.39 is 10.7 Å². The maximum Gasteiger partial charge on any atom is 0.293 e. The lowest BCUT2D eigenvalue weighted by Crippen LogP contribution is -2.08. The van der Waals surface area contributed by atoms with Crippen LogP contribution in [0.3, 0.4) is 0 Å². The highest BCUT2D eigenvalue weighted by Crippen LogP contribution is 2.31. The van der Waals surface area contributed by atoms with E-state index in [0.717, 1.165) is 0 Å². The number of hydrogen-bond acceptors (Lipinski definition) is 3. The van der Waals surface area contributed by atoms with E-state index in [-0.39, 0.29) is 21.8 Å². The summed E-state index contributed by atoms with van der Waals surface area (Å²) in [5.41, 5.74) is 0.803. The number of benzene rings is 2. The highest BCUT2D eigenvalue weighted by atomic mass is 35.5. The van der Waals surface area contributed by atoms with Crippen LogP contribution in [0, 0.1) is 15.9 Å². The fraction of sp³-hybridized carbons (Fsp3) is 0.143. The molecule has 7 heteroatoms. The second-order valence-corrected chi connectivity index (χ2v) is 5.30. The van der Waals surface area contributed by atoms with Gasteiger partial charge in [-0.25, -0.2) is 4.39 Å². The maximum atomic E-state index is 13.5. The summed E-state index contributed by atoms with van der Waals surface area (Å²) >= 11 is 11.4. The lowest BCUT2D eigenvalue weighted by atomic mass is 10.1. The molecule has 0 saturated heterocycles. The molecule has 110 valence electrons. The van der Waals surface area contributed by atoms with Crippen molar-refractivity contribution in [2.24, 2.45) is 0 Å². The number of halogens is 3. The third-order valence-corrected chi connectivity index (χ3v) is 3.51. The number of nitro benzene ring substituents is 1. The van der Waals surface area contributed by atoms with Crippen molar-refractivity contribution in [1.29, 1.82) is 0 Å². The van der Waals surface area contributed by atoms with Gasteiger partial charge in [0.25, 0.3) is 5.69 Å². The molecule has 21 heavy (non-hydrogen) atoms. The number of nitrogens with one attached hydrogen (secondary N) is 1. The van der Waals surface area contributed by atoms with Gasteiger partial charge in [0, 0.05) is 17.1 Å². The van der Waals surface area contributed by atoms with E-state index >= 15 is 0 Å². The summed E-state index contributed by atoms with van der Waals surface area (Å²) in [5.74, 6) is -0.534. The molecule has 0 aromatic heterocycles. The molecular weight excluding hydrogens is 318 g/mol. The van der Waals surface area contributed by atoms with E-state index in [4.69, 9.17) is 23.2 Å². The summed E-state index contributed by atoms with van der Waals surface area (Å²) in [6.45, 7) is 1.76. The quantitative estimate of drug-likeness (QED) is 0.618. The van der Waals surface area contributed by atoms with Crippen molar-refractivity contribution in [1.82, 2.24) is 0 Å². The van der Waals surface area contributed by atoms with Crippen LogP contribution in [0.5, 0.6) is 0 Å². The second kappa shape index (κ2) is 6.28. The normalized spacial score (nSPS) is 12.0. The predicted molar refractivity (Wildman–Crippen MR) is 81.6 cm³/mol.